The smallest absolute Gasteiger partial charge is 0.220 e. The first kappa shape index (κ1) is 17.9. The number of thiophene rings is 1. The van der Waals surface area contributed by atoms with Gasteiger partial charge in [-0.25, -0.2) is 0 Å². The van der Waals surface area contributed by atoms with E-state index < -0.39 is 0 Å². The topological polar surface area (TPSA) is 55.1 Å². The molecule has 6 heteroatoms. The first-order valence-electron chi connectivity index (χ1n) is 5.93. The summed E-state index contributed by atoms with van der Waals surface area (Å²) in [7, 11) is 0. The quantitative estimate of drug-likeness (QED) is 0.704. The van der Waals surface area contributed by atoms with Crippen molar-refractivity contribution < 1.29 is 4.79 Å². The third kappa shape index (κ3) is 8.08. The van der Waals surface area contributed by atoms with Crippen molar-refractivity contribution in [1.29, 1.82) is 0 Å². The molecule has 0 aliphatic carbocycles. The van der Waals surface area contributed by atoms with Crippen LogP contribution in [0.5, 0.6) is 0 Å². The van der Waals surface area contributed by atoms with E-state index in [9.17, 15) is 4.79 Å². The molecule has 0 saturated carbocycles. The molecule has 0 bridgehead atoms. The molecular weight excluding hydrogens is 336 g/mol. The molecule has 1 heterocycles. The Balaban J connectivity index is 0.00000289. The van der Waals surface area contributed by atoms with Gasteiger partial charge < -0.3 is 11.1 Å². The van der Waals surface area contributed by atoms with Crippen molar-refractivity contribution in [2.24, 2.45) is 5.73 Å². The van der Waals surface area contributed by atoms with E-state index in [-0.39, 0.29) is 18.3 Å². The lowest BCUT2D eigenvalue weighted by molar-refractivity contribution is -0.121. The Bertz CT molecular complexity index is 347. The van der Waals surface area contributed by atoms with Crippen LogP contribution in [0.2, 0.25) is 0 Å². The Hall–Kier alpha value is -0.100. The summed E-state index contributed by atoms with van der Waals surface area (Å²) in [6.07, 6.45) is 4.45. The summed E-state index contributed by atoms with van der Waals surface area (Å²) in [5.41, 5.74) is 5.38. The normalized spacial score (nSPS) is 9.89. The van der Waals surface area contributed by atoms with Crippen molar-refractivity contribution in [3.05, 3.63) is 20.8 Å². The molecule has 0 aromatic carbocycles. The number of carbonyl (C=O) groups is 1. The van der Waals surface area contributed by atoms with Crippen molar-refractivity contribution in [3.63, 3.8) is 0 Å². The molecule has 0 aliphatic rings. The van der Waals surface area contributed by atoms with Crippen LogP contribution >= 0.6 is 39.7 Å². The molecule has 3 N–H and O–H groups in total. The van der Waals surface area contributed by atoms with Gasteiger partial charge >= 0.3 is 0 Å². The molecule has 0 fully saturated rings. The number of amides is 1. The third-order valence-electron chi connectivity index (χ3n) is 2.41. The minimum absolute atomic E-state index is 0. The lowest BCUT2D eigenvalue weighted by Crippen LogP contribution is -2.24. The monoisotopic (exact) mass is 354 g/mol. The second-order valence-corrected chi connectivity index (χ2v) is 6.45. The fourth-order valence-electron chi connectivity index (χ4n) is 1.49. The molecule has 0 radical (unpaired) electrons. The Morgan fingerprint density at radius 3 is 2.72 bits per heavy atom. The number of nitrogens with one attached hydrogen (secondary N) is 1. The number of hydrogen-bond acceptors (Lipinski definition) is 3. The summed E-state index contributed by atoms with van der Waals surface area (Å²) in [5.74, 6) is 0.151. The number of halogens is 2. The Morgan fingerprint density at radius 1 is 1.33 bits per heavy atom. The molecule has 0 aliphatic heterocycles. The molecule has 0 atom stereocenters. The minimum atomic E-state index is 0. The van der Waals surface area contributed by atoms with E-state index in [4.69, 9.17) is 5.73 Å². The van der Waals surface area contributed by atoms with Crippen molar-refractivity contribution in [3.8, 4) is 0 Å². The SMILES string of the molecule is Cl.NCCCCNC(=O)CCCc1ccc(Br)s1. The fraction of sp³-hybridized carbons (Fsp3) is 0.583. The molecule has 0 saturated heterocycles. The van der Waals surface area contributed by atoms with Crippen molar-refractivity contribution in [2.45, 2.75) is 32.1 Å². The van der Waals surface area contributed by atoms with Crippen LogP contribution in [0.1, 0.15) is 30.6 Å². The molecule has 1 amide bonds. The minimum Gasteiger partial charge on any atom is -0.356 e. The van der Waals surface area contributed by atoms with Crippen LogP contribution in [0.15, 0.2) is 15.9 Å². The molecule has 104 valence electrons. The van der Waals surface area contributed by atoms with Crippen molar-refractivity contribution in [2.75, 3.05) is 13.1 Å². The number of aryl methyl sites for hydroxylation is 1. The van der Waals surface area contributed by atoms with Crippen LogP contribution in [-0.4, -0.2) is 19.0 Å². The largest absolute Gasteiger partial charge is 0.356 e. The van der Waals surface area contributed by atoms with Crippen molar-refractivity contribution in [1.82, 2.24) is 5.32 Å². The number of hydrogen-bond donors (Lipinski definition) is 2. The molecule has 0 unspecified atom stereocenters. The Morgan fingerprint density at radius 2 is 2.11 bits per heavy atom. The summed E-state index contributed by atoms with van der Waals surface area (Å²) in [5, 5.41) is 2.91. The predicted octanol–water partition coefficient (Wildman–Crippen LogP) is 3.11. The van der Waals surface area contributed by atoms with Gasteiger partial charge in [-0.05, 0) is 60.3 Å². The van der Waals surface area contributed by atoms with Gasteiger partial charge in [-0.15, -0.1) is 23.7 Å². The average molecular weight is 356 g/mol. The van der Waals surface area contributed by atoms with Crippen LogP contribution in [0, 0.1) is 0 Å². The average Bonchev–Trinajstić information content (AvgIpc) is 2.71. The predicted molar refractivity (Wildman–Crippen MR) is 83.5 cm³/mol. The summed E-state index contributed by atoms with van der Waals surface area (Å²) in [6, 6.07) is 4.15. The maximum absolute atomic E-state index is 11.5. The number of rotatable bonds is 8. The summed E-state index contributed by atoms with van der Waals surface area (Å²) >= 11 is 5.17. The zero-order chi connectivity index (χ0) is 12.5. The summed E-state index contributed by atoms with van der Waals surface area (Å²) < 4.78 is 1.15. The highest BCUT2D eigenvalue weighted by Crippen LogP contribution is 2.23. The first-order chi connectivity index (χ1) is 8.22. The standard InChI is InChI=1S/C12H19BrN2OS.ClH/c13-11-7-6-10(17-11)4-3-5-12(16)15-9-2-1-8-14;/h6-7H,1-5,8-9,14H2,(H,15,16);1H. The first-order valence-corrected chi connectivity index (χ1v) is 7.54. The second kappa shape index (κ2) is 10.8. The lowest BCUT2D eigenvalue weighted by Gasteiger charge is -2.03. The van der Waals surface area contributed by atoms with Gasteiger partial charge in [0.2, 0.25) is 5.91 Å². The molecule has 3 nitrogen and oxygen atoms in total. The molecule has 1 aromatic heterocycles. The van der Waals surface area contributed by atoms with Crippen LogP contribution < -0.4 is 11.1 Å². The molecule has 1 aromatic rings. The van der Waals surface area contributed by atoms with Crippen molar-refractivity contribution >= 4 is 45.6 Å². The van der Waals surface area contributed by atoms with E-state index in [2.05, 4.69) is 27.3 Å². The number of nitrogens with two attached hydrogens (primary N) is 1. The molecule has 0 spiro atoms. The highest BCUT2D eigenvalue weighted by molar-refractivity contribution is 9.11. The fourth-order valence-corrected chi connectivity index (χ4v) is 3.02. The highest BCUT2D eigenvalue weighted by Gasteiger charge is 2.02. The van der Waals surface area contributed by atoms with E-state index in [1.807, 2.05) is 6.07 Å². The Labute approximate surface area is 127 Å². The molecule has 1 rings (SSSR count). The van der Waals surface area contributed by atoms with Crippen LogP contribution in [0.25, 0.3) is 0 Å². The van der Waals surface area contributed by atoms with Gasteiger partial charge in [-0.3, -0.25) is 4.79 Å². The lowest BCUT2D eigenvalue weighted by atomic mass is 10.2. The van der Waals surface area contributed by atoms with Gasteiger partial charge in [0.1, 0.15) is 0 Å². The van der Waals surface area contributed by atoms with E-state index >= 15 is 0 Å². The van der Waals surface area contributed by atoms with E-state index in [1.54, 1.807) is 11.3 Å². The van der Waals surface area contributed by atoms with Gasteiger partial charge in [0.15, 0.2) is 0 Å². The van der Waals surface area contributed by atoms with E-state index in [0.29, 0.717) is 13.0 Å². The van der Waals surface area contributed by atoms with Crippen LogP contribution in [-0.2, 0) is 11.2 Å². The zero-order valence-electron chi connectivity index (χ0n) is 10.3. The van der Waals surface area contributed by atoms with Gasteiger partial charge in [0.25, 0.3) is 0 Å². The third-order valence-corrected chi connectivity index (χ3v) is 4.09. The van der Waals surface area contributed by atoms with Gasteiger partial charge in [-0.1, -0.05) is 0 Å². The van der Waals surface area contributed by atoms with Gasteiger partial charge in [0, 0.05) is 17.8 Å². The van der Waals surface area contributed by atoms with E-state index in [0.717, 1.165) is 36.0 Å². The number of unbranched alkanes of at least 4 members (excludes halogenated alkanes) is 1. The maximum Gasteiger partial charge on any atom is 0.220 e. The summed E-state index contributed by atoms with van der Waals surface area (Å²) in [6.45, 7) is 1.45. The summed E-state index contributed by atoms with van der Waals surface area (Å²) in [4.78, 5) is 12.8. The highest BCUT2D eigenvalue weighted by atomic mass is 79.9. The van der Waals surface area contributed by atoms with E-state index in [1.165, 1.54) is 4.88 Å². The second-order valence-electron chi connectivity index (χ2n) is 3.91. The van der Waals surface area contributed by atoms with Crippen LogP contribution in [0.3, 0.4) is 0 Å². The Kier molecular flexibility index (Phi) is 10.7. The van der Waals surface area contributed by atoms with Gasteiger partial charge in [0.05, 0.1) is 3.79 Å². The zero-order valence-corrected chi connectivity index (χ0v) is 13.5. The van der Waals surface area contributed by atoms with Crippen LogP contribution in [0.4, 0.5) is 0 Å². The van der Waals surface area contributed by atoms with Gasteiger partial charge in [-0.2, -0.15) is 0 Å². The molecular formula is C12H20BrClN2OS. The molecule has 18 heavy (non-hydrogen) atoms. The number of carbonyl (C=O) groups excluding carboxylic acids is 1. The maximum atomic E-state index is 11.5.